The van der Waals surface area contributed by atoms with Gasteiger partial charge in [0.2, 0.25) is 11.8 Å². The second-order valence-electron chi connectivity index (χ2n) is 2.96. The molecule has 0 bridgehead atoms. The minimum absolute atomic E-state index is 0.0921. The zero-order valence-electron chi connectivity index (χ0n) is 8.43. The van der Waals surface area contributed by atoms with Crippen molar-refractivity contribution < 1.29 is 9.59 Å². The van der Waals surface area contributed by atoms with Gasteiger partial charge in [-0.05, 0) is 12.1 Å². The van der Waals surface area contributed by atoms with E-state index in [0.717, 1.165) is 0 Å². The Kier molecular flexibility index (Phi) is 5.21. The van der Waals surface area contributed by atoms with E-state index in [1.807, 2.05) is 0 Å². The average molecular weight is 256 g/mol. The van der Waals surface area contributed by atoms with Crippen LogP contribution >= 0.6 is 25.3 Å². The number of carbonyl (C=O) groups is 2. The second kappa shape index (κ2) is 6.44. The fourth-order valence-corrected chi connectivity index (χ4v) is 1.24. The van der Waals surface area contributed by atoms with E-state index in [-0.39, 0.29) is 23.3 Å². The molecule has 86 valence electrons. The van der Waals surface area contributed by atoms with Gasteiger partial charge in [0.05, 0.1) is 22.9 Å². The van der Waals surface area contributed by atoms with Gasteiger partial charge < -0.3 is 10.6 Å². The van der Waals surface area contributed by atoms with Gasteiger partial charge in [-0.3, -0.25) is 9.59 Å². The lowest BCUT2D eigenvalue weighted by atomic mass is 10.2. The molecule has 1 aromatic carbocycles. The molecule has 1 rings (SSSR count). The highest BCUT2D eigenvalue weighted by Crippen LogP contribution is 2.20. The molecule has 2 N–H and O–H groups in total. The zero-order chi connectivity index (χ0) is 12.0. The molecule has 16 heavy (non-hydrogen) atoms. The maximum atomic E-state index is 11.2. The van der Waals surface area contributed by atoms with Gasteiger partial charge in [0.15, 0.2) is 0 Å². The molecule has 0 atom stereocenters. The highest BCUT2D eigenvalue weighted by molar-refractivity contribution is 7.81. The molecule has 0 radical (unpaired) electrons. The lowest BCUT2D eigenvalue weighted by molar-refractivity contribution is -0.114. The topological polar surface area (TPSA) is 58.2 Å². The van der Waals surface area contributed by atoms with Crippen LogP contribution in [0.5, 0.6) is 0 Å². The van der Waals surface area contributed by atoms with E-state index in [1.165, 1.54) is 0 Å². The molecule has 2 amide bonds. The van der Waals surface area contributed by atoms with E-state index in [0.29, 0.717) is 11.4 Å². The van der Waals surface area contributed by atoms with E-state index in [1.54, 1.807) is 24.3 Å². The Hall–Kier alpha value is -1.14. The van der Waals surface area contributed by atoms with Crippen molar-refractivity contribution in [2.75, 3.05) is 22.1 Å². The number of anilines is 2. The fraction of sp³-hybridized carbons (Fsp3) is 0.200. The molecule has 4 nitrogen and oxygen atoms in total. The molecule has 0 aliphatic rings. The molecule has 0 aliphatic carbocycles. The third-order valence-electron chi connectivity index (χ3n) is 1.76. The average Bonchev–Trinajstić information content (AvgIpc) is 2.31. The van der Waals surface area contributed by atoms with Gasteiger partial charge in [0.25, 0.3) is 0 Å². The number of benzene rings is 1. The maximum Gasteiger partial charge on any atom is 0.234 e. The van der Waals surface area contributed by atoms with Crippen LogP contribution in [0.4, 0.5) is 11.4 Å². The predicted molar refractivity (Wildman–Crippen MR) is 71.4 cm³/mol. The Morgan fingerprint density at radius 3 is 1.62 bits per heavy atom. The standard InChI is InChI=1S/C10H12N2O2S2/c13-9(5-15)11-7-3-1-2-4-8(7)12-10(14)6-16/h1-4,15-16H,5-6H2,(H,11,13)(H,12,14). The Labute approximate surface area is 105 Å². The number of nitrogens with one attached hydrogen (secondary N) is 2. The number of para-hydroxylation sites is 2. The van der Waals surface area contributed by atoms with Crippen LogP contribution in [0, 0.1) is 0 Å². The molecular formula is C10H12N2O2S2. The van der Waals surface area contributed by atoms with Gasteiger partial charge in [-0.1, -0.05) is 12.1 Å². The van der Waals surface area contributed by atoms with Gasteiger partial charge in [0.1, 0.15) is 0 Å². The number of amides is 2. The minimum atomic E-state index is -0.226. The number of carbonyl (C=O) groups excluding carboxylic acids is 2. The third kappa shape index (κ3) is 3.79. The van der Waals surface area contributed by atoms with Gasteiger partial charge in [-0.25, -0.2) is 0 Å². The van der Waals surface area contributed by atoms with E-state index in [2.05, 4.69) is 35.9 Å². The zero-order valence-corrected chi connectivity index (χ0v) is 10.2. The molecule has 0 saturated carbocycles. The summed E-state index contributed by atoms with van der Waals surface area (Å²) in [6.45, 7) is 0. The Morgan fingerprint density at radius 1 is 0.938 bits per heavy atom. The van der Waals surface area contributed by atoms with E-state index < -0.39 is 0 Å². The molecule has 0 spiro atoms. The first-order valence-electron chi connectivity index (χ1n) is 4.58. The van der Waals surface area contributed by atoms with Crippen LogP contribution in [0.3, 0.4) is 0 Å². The van der Waals surface area contributed by atoms with Gasteiger partial charge in [-0.15, -0.1) is 0 Å². The maximum absolute atomic E-state index is 11.2. The number of thiol groups is 2. The normalized spacial score (nSPS) is 9.62. The molecule has 0 saturated heterocycles. The summed E-state index contributed by atoms with van der Waals surface area (Å²) in [5, 5.41) is 5.27. The predicted octanol–water partition coefficient (Wildman–Crippen LogP) is 1.42. The van der Waals surface area contributed by atoms with Crippen LogP contribution in [0.15, 0.2) is 24.3 Å². The number of hydrogen-bond donors (Lipinski definition) is 4. The summed E-state index contributed by atoms with van der Waals surface area (Å²) in [6, 6.07) is 6.94. The molecule has 0 aliphatic heterocycles. The monoisotopic (exact) mass is 256 g/mol. The summed E-state index contributed by atoms with van der Waals surface area (Å²) in [4.78, 5) is 22.3. The van der Waals surface area contributed by atoms with Gasteiger partial charge in [0, 0.05) is 0 Å². The van der Waals surface area contributed by atoms with Crippen LogP contribution < -0.4 is 10.6 Å². The van der Waals surface area contributed by atoms with E-state index >= 15 is 0 Å². The molecule has 0 fully saturated rings. The minimum Gasteiger partial charge on any atom is -0.324 e. The summed E-state index contributed by atoms with van der Waals surface area (Å²) in [5.41, 5.74) is 1.10. The van der Waals surface area contributed by atoms with E-state index in [4.69, 9.17) is 0 Å². The largest absolute Gasteiger partial charge is 0.324 e. The summed E-state index contributed by atoms with van der Waals surface area (Å²) in [7, 11) is 0. The molecule has 0 aromatic heterocycles. The summed E-state index contributed by atoms with van der Waals surface area (Å²) >= 11 is 7.71. The van der Waals surface area contributed by atoms with Gasteiger partial charge >= 0.3 is 0 Å². The molecule has 1 aromatic rings. The van der Waals surface area contributed by atoms with Crippen LogP contribution in [0.1, 0.15) is 0 Å². The molecular weight excluding hydrogens is 244 g/mol. The van der Waals surface area contributed by atoms with Crippen LogP contribution in [-0.2, 0) is 9.59 Å². The molecule has 6 heteroatoms. The van der Waals surface area contributed by atoms with E-state index in [9.17, 15) is 9.59 Å². The number of hydrogen-bond acceptors (Lipinski definition) is 4. The van der Waals surface area contributed by atoms with Crippen molar-refractivity contribution in [2.45, 2.75) is 0 Å². The smallest absolute Gasteiger partial charge is 0.234 e. The molecule has 0 heterocycles. The van der Waals surface area contributed by atoms with Crippen molar-refractivity contribution in [1.29, 1.82) is 0 Å². The summed E-state index contributed by atoms with van der Waals surface area (Å²) in [5.74, 6) is -0.268. The quantitative estimate of drug-likeness (QED) is 0.616. The van der Waals surface area contributed by atoms with Crippen LogP contribution in [0.2, 0.25) is 0 Å². The second-order valence-corrected chi connectivity index (χ2v) is 3.59. The van der Waals surface area contributed by atoms with Gasteiger partial charge in [-0.2, -0.15) is 25.3 Å². The first kappa shape index (κ1) is 12.9. The number of rotatable bonds is 4. The summed E-state index contributed by atoms with van der Waals surface area (Å²) < 4.78 is 0. The van der Waals surface area contributed by atoms with Crippen molar-refractivity contribution in [2.24, 2.45) is 0 Å². The van der Waals surface area contributed by atoms with Crippen molar-refractivity contribution >= 4 is 48.4 Å². The highest BCUT2D eigenvalue weighted by Gasteiger charge is 2.06. The SMILES string of the molecule is O=C(CS)Nc1ccccc1NC(=O)CS. The van der Waals surface area contributed by atoms with Crippen molar-refractivity contribution in [3.8, 4) is 0 Å². The lowest BCUT2D eigenvalue weighted by Crippen LogP contribution is -2.17. The lowest BCUT2D eigenvalue weighted by Gasteiger charge is -2.10. The van der Waals surface area contributed by atoms with Crippen LogP contribution in [-0.4, -0.2) is 23.3 Å². The first-order chi connectivity index (χ1) is 7.67. The van der Waals surface area contributed by atoms with Crippen molar-refractivity contribution in [3.05, 3.63) is 24.3 Å². The Morgan fingerprint density at radius 2 is 1.31 bits per heavy atom. The third-order valence-corrected chi connectivity index (χ3v) is 2.34. The van der Waals surface area contributed by atoms with Crippen LogP contribution in [0.25, 0.3) is 0 Å². The Balaban J connectivity index is 2.83. The van der Waals surface area contributed by atoms with Crippen molar-refractivity contribution in [1.82, 2.24) is 0 Å². The fourth-order valence-electron chi connectivity index (χ4n) is 1.08. The summed E-state index contributed by atoms with van der Waals surface area (Å²) in [6.07, 6.45) is 0. The molecule has 0 unspecified atom stereocenters. The highest BCUT2D eigenvalue weighted by atomic mass is 32.1. The first-order valence-corrected chi connectivity index (χ1v) is 5.84. The Bertz CT molecular complexity index is 359. The van der Waals surface area contributed by atoms with Crippen molar-refractivity contribution in [3.63, 3.8) is 0 Å².